The molecule has 2 aromatic heterocycles. The van der Waals surface area contributed by atoms with Crippen LogP contribution in [0.25, 0.3) is 11.0 Å². The lowest BCUT2D eigenvalue weighted by atomic mass is 10.0. The van der Waals surface area contributed by atoms with Gasteiger partial charge in [-0.05, 0) is 48.2 Å². The van der Waals surface area contributed by atoms with Gasteiger partial charge >= 0.3 is 15.2 Å². The lowest BCUT2D eigenvalue weighted by molar-refractivity contribution is -0.0413. The number of aromatic nitrogens is 4. The van der Waals surface area contributed by atoms with Gasteiger partial charge in [0.15, 0.2) is 23.9 Å². The number of alkyl halides is 1. The van der Waals surface area contributed by atoms with Crippen molar-refractivity contribution in [3.05, 3.63) is 58.8 Å². The van der Waals surface area contributed by atoms with Crippen molar-refractivity contribution in [3.63, 3.8) is 0 Å². The molecule has 220 valence electrons. The molecule has 2 heterocycles. The fourth-order valence-electron chi connectivity index (χ4n) is 3.75. The zero-order valence-electron chi connectivity index (χ0n) is 21.2. The molecule has 40 heavy (non-hydrogen) atoms. The number of benzene rings is 1. The van der Waals surface area contributed by atoms with Crippen LogP contribution >= 0.6 is 26.8 Å². The Morgan fingerprint density at radius 1 is 1.25 bits per heavy atom. The van der Waals surface area contributed by atoms with Gasteiger partial charge in [-0.1, -0.05) is 25.1 Å². The van der Waals surface area contributed by atoms with Gasteiger partial charge in [0, 0.05) is 0 Å². The van der Waals surface area contributed by atoms with E-state index in [0.29, 0.717) is 5.56 Å². The lowest BCUT2D eigenvalue weighted by Gasteiger charge is -2.24. The summed E-state index contributed by atoms with van der Waals surface area (Å²) in [6.07, 6.45) is -3.96. The Kier molecular flexibility index (Phi) is 10.6. The molecule has 0 aliphatic heterocycles. The molecule has 1 unspecified atom stereocenters. The third kappa shape index (κ3) is 8.35. The Labute approximate surface area is 232 Å². The van der Waals surface area contributed by atoms with E-state index >= 15 is 4.39 Å². The van der Waals surface area contributed by atoms with Gasteiger partial charge in [-0.25, -0.2) is 13.5 Å². The summed E-state index contributed by atoms with van der Waals surface area (Å²) in [6.45, 7) is 2.50. The molecule has 0 fully saturated rings. The number of hydrogen-bond acceptors (Lipinski definition) is 9. The number of hydrogen-bond donors (Lipinski definition) is 6. The summed E-state index contributed by atoms with van der Waals surface area (Å²) in [7, 11) is -9.70. The normalized spacial score (nSPS) is 17.3. The zero-order valence-corrected chi connectivity index (χ0v) is 23.7. The number of nitrogens with zero attached hydrogens (tertiary/aromatic N) is 4. The van der Waals surface area contributed by atoms with E-state index in [4.69, 9.17) is 25.9 Å². The zero-order chi connectivity index (χ0) is 29.8. The van der Waals surface area contributed by atoms with Crippen LogP contribution in [0.4, 0.5) is 14.6 Å². The first-order valence-electron chi connectivity index (χ1n) is 11.7. The molecule has 0 saturated heterocycles. The lowest BCUT2D eigenvalue weighted by Crippen LogP contribution is -2.35. The highest BCUT2D eigenvalue weighted by Gasteiger charge is 2.35. The summed E-state index contributed by atoms with van der Waals surface area (Å²) in [5.41, 5.74) is 0.229. The van der Waals surface area contributed by atoms with Gasteiger partial charge in [0.1, 0.15) is 17.7 Å². The van der Waals surface area contributed by atoms with Crippen molar-refractivity contribution in [2.24, 2.45) is 0 Å². The van der Waals surface area contributed by atoms with E-state index in [1.807, 2.05) is 0 Å². The first-order chi connectivity index (χ1) is 18.6. The van der Waals surface area contributed by atoms with Crippen molar-refractivity contribution in [1.29, 1.82) is 0 Å². The molecule has 18 heteroatoms. The predicted octanol–water partition coefficient (Wildman–Crippen LogP) is 3.66. The largest absolute Gasteiger partial charge is 0.385 e. The number of aliphatic hydroxyl groups excluding tert-OH is 2. The quantitative estimate of drug-likeness (QED) is 0.0916. The molecule has 3 rings (SSSR count). The molecule has 0 radical (unpaired) electrons. The van der Waals surface area contributed by atoms with Crippen molar-refractivity contribution < 1.29 is 47.3 Å². The van der Waals surface area contributed by atoms with E-state index in [1.54, 1.807) is 19.9 Å². The van der Waals surface area contributed by atoms with Crippen molar-refractivity contribution in [2.45, 2.75) is 44.8 Å². The topological polar surface area (TPSA) is 200 Å². The summed E-state index contributed by atoms with van der Waals surface area (Å²) >= 11 is 6.06. The standard InChI is InChI=1S/C22H28ClF2N5O8P2/c1-3-5-14(10-38-40(36,37)11-39(33,34)35)18(31)17(25)21(32)30-20-16(9-26-30)19(28-22(23)29-20)27-12(2)13-6-4-7-15(24)8-13/h4-9,12,17-18,21,31-32H,3,10-11H2,1-2H3,(H,36,37)(H,27,28,29)(H2,33,34,35)/b14-5-/t12-,17+,18-,21-/m1/s1. The van der Waals surface area contributed by atoms with Crippen LogP contribution in [-0.4, -0.2) is 69.4 Å². The maximum atomic E-state index is 15.4. The molecular formula is C22H28ClF2N5O8P2. The first-order valence-corrected chi connectivity index (χ1v) is 15.7. The molecule has 0 spiro atoms. The van der Waals surface area contributed by atoms with Gasteiger partial charge in [-0.2, -0.15) is 15.1 Å². The monoisotopic (exact) mass is 625 g/mol. The molecule has 5 atom stereocenters. The fourth-order valence-corrected chi connectivity index (χ4v) is 6.45. The van der Waals surface area contributed by atoms with E-state index in [2.05, 4.69) is 20.4 Å². The molecule has 0 aliphatic rings. The Balaban J connectivity index is 1.83. The number of anilines is 1. The highest BCUT2D eigenvalue weighted by Crippen LogP contribution is 2.55. The minimum atomic E-state index is -4.91. The SMILES string of the molecule is CC/C=C(/COP(=O)(O)CP(=O)(O)O)[C@@H](O)[C@H](F)[C@@H](O)n1ncc2c(N[C@H](C)c3cccc(F)c3)nc(Cl)nc21. The summed E-state index contributed by atoms with van der Waals surface area (Å²) in [5, 5.41) is 28.3. The van der Waals surface area contributed by atoms with Crippen molar-refractivity contribution in [2.75, 3.05) is 17.8 Å². The van der Waals surface area contributed by atoms with Gasteiger partial charge in [0.25, 0.3) is 0 Å². The Morgan fingerprint density at radius 2 is 1.95 bits per heavy atom. The Bertz CT molecular complexity index is 1470. The average Bonchev–Trinajstić information content (AvgIpc) is 3.27. The molecule has 6 N–H and O–H groups in total. The molecule has 13 nitrogen and oxygen atoms in total. The highest BCUT2D eigenvalue weighted by atomic mass is 35.5. The van der Waals surface area contributed by atoms with Crippen LogP contribution in [0, 0.1) is 5.82 Å². The highest BCUT2D eigenvalue weighted by molar-refractivity contribution is 7.70. The van der Waals surface area contributed by atoms with Crippen molar-refractivity contribution >= 4 is 43.6 Å². The second kappa shape index (κ2) is 13.1. The van der Waals surface area contributed by atoms with Crippen LogP contribution in [0.15, 0.2) is 42.1 Å². The fraction of sp³-hybridized carbons (Fsp3) is 0.409. The van der Waals surface area contributed by atoms with Gasteiger partial charge in [0.05, 0.1) is 24.2 Å². The Hall–Kier alpha value is -2.32. The van der Waals surface area contributed by atoms with Crippen LogP contribution in [0.5, 0.6) is 0 Å². The predicted molar refractivity (Wildman–Crippen MR) is 142 cm³/mol. The van der Waals surface area contributed by atoms with E-state index in [1.165, 1.54) is 30.5 Å². The maximum absolute atomic E-state index is 15.4. The minimum Gasteiger partial charge on any atom is -0.385 e. The van der Waals surface area contributed by atoms with Crippen LogP contribution in [0.2, 0.25) is 5.28 Å². The summed E-state index contributed by atoms with van der Waals surface area (Å²) in [6, 6.07) is 5.39. The van der Waals surface area contributed by atoms with Crippen molar-refractivity contribution in [3.8, 4) is 0 Å². The summed E-state index contributed by atoms with van der Waals surface area (Å²) in [4.78, 5) is 35.7. The van der Waals surface area contributed by atoms with E-state index in [9.17, 15) is 28.6 Å². The van der Waals surface area contributed by atoms with Crippen LogP contribution < -0.4 is 5.32 Å². The van der Waals surface area contributed by atoms with Crippen LogP contribution in [0.1, 0.15) is 38.1 Å². The van der Waals surface area contributed by atoms with Crippen LogP contribution in [0.3, 0.4) is 0 Å². The molecular weight excluding hydrogens is 598 g/mol. The summed E-state index contributed by atoms with van der Waals surface area (Å²) in [5.74, 6) is -1.75. The minimum absolute atomic E-state index is 0.102. The van der Waals surface area contributed by atoms with E-state index < -0.39 is 58.1 Å². The second-order valence-electron chi connectivity index (χ2n) is 8.80. The van der Waals surface area contributed by atoms with Gasteiger partial charge < -0.3 is 34.7 Å². The number of allylic oxidation sites excluding steroid dienone is 1. The molecule has 0 aliphatic carbocycles. The smallest absolute Gasteiger partial charge is 0.340 e. The maximum Gasteiger partial charge on any atom is 0.340 e. The third-order valence-electron chi connectivity index (χ3n) is 5.61. The number of nitrogens with one attached hydrogen (secondary N) is 1. The molecule has 0 bridgehead atoms. The second-order valence-corrected chi connectivity index (χ2v) is 13.1. The number of halogens is 3. The van der Waals surface area contributed by atoms with Gasteiger partial charge in [-0.3, -0.25) is 9.13 Å². The van der Waals surface area contributed by atoms with Gasteiger partial charge in [0.2, 0.25) is 5.28 Å². The number of aliphatic hydroxyl groups is 2. The molecule has 0 saturated carbocycles. The van der Waals surface area contributed by atoms with Crippen LogP contribution in [-0.2, 0) is 13.7 Å². The van der Waals surface area contributed by atoms with E-state index in [-0.39, 0.29) is 34.1 Å². The van der Waals surface area contributed by atoms with Gasteiger partial charge in [-0.15, -0.1) is 0 Å². The van der Waals surface area contributed by atoms with Crippen molar-refractivity contribution in [1.82, 2.24) is 19.7 Å². The molecule has 1 aromatic carbocycles. The Morgan fingerprint density at radius 3 is 2.58 bits per heavy atom. The summed E-state index contributed by atoms with van der Waals surface area (Å²) < 4.78 is 57.5. The third-order valence-corrected chi connectivity index (χ3v) is 9.21. The first kappa shape index (κ1) is 32.2. The average molecular weight is 626 g/mol. The van der Waals surface area contributed by atoms with E-state index in [0.717, 1.165) is 4.68 Å². The number of rotatable bonds is 13. The number of fused-ring (bicyclic) bond motifs is 1. The molecule has 3 aromatic rings. The molecule has 0 amide bonds.